The molecule has 1 heterocycles. The molecule has 0 spiro atoms. The normalized spacial score (nSPS) is 17.2. The minimum absolute atomic E-state index is 0.696. The van der Waals surface area contributed by atoms with E-state index in [1.165, 1.54) is 6.42 Å². The standard InChI is InChI=1S/C12H21N/c1-9(2)12(10(3)4)11-5-7-13-8-6-11/h7,9-10H,5-6,8H2,1-4H3. The van der Waals surface area contributed by atoms with E-state index in [1.807, 2.05) is 0 Å². The molecule has 0 aromatic rings. The van der Waals surface area contributed by atoms with Crippen LogP contribution < -0.4 is 0 Å². The van der Waals surface area contributed by atoms with Gasteiger partial charge in [0.15, 0.2) is 0 Å². The van der Waals surface area contributed by atoms with Crippen LogP contribution in [0.15, 0.2) is 16.1 Å². The summed E-state index contributed by atoms with van der Waals surface area (Å²) in [5.74, 6) is 1.39. The lowest BCUT2D eigenvalue weighted by Crippen LogP contribution is -2.10. The molecule has 0 aromatic heterocycles. The minimum atomic E-state index is 0.696. The quantitative estimate of drug-likeness (QED) is 0.576. The predicted molar refractivity (Wildman–Crippen MR) is 59.3 cm³/mol. The molecule has 0 saturated carbocycles. The fraction of sp³-hybridized carbons (Fsp3) is 0.750. The summed E-state index contributed by atoms with van der Waals surface area (Å²) in [7, 11) is 0. The summed E-state index contributed by atoms with van der Waals surface area (Å²) in [5, 5.41) is 0. The Morgan fingerprint density at radius 1 is 1.23 bits per heavy atom. The molecule has 1 aliphatic rings. The van der Waals surface area contributed by atoms with E-state index >= 15 is 0 Å². The van der Waals surface area contributed by atoms with Gasteiger partial charge in [-0.25, -0.2) is 0 Å². The van der Waals surface area contributed by atoms with Crippen LogP contribution in [0.3, 0.4) is 0 Å². The van der Waals surface area contributed by atoms with Crippen LogP contribution in [0, 0.1) is 11.8 Å². The summed E-state index contributed by atoms with van der Waals surface area (Å²) < 4.78 is 0. The molecule has 1 aliphatic heterocycles. The van der Waals surface area contributed by atoms with Gasteiger partial charge in [0, 0.05) is 19.2 Å². The third kappa shape index (κ3) is 2.68. The topological polar surface area (TPSA) is 12.4 Å². The number of aliphatic imine (C=N–C) groups is 1. The smallest absolute Gasteiger partial charge is 0.0422 e. The van der Waals surface area contributed by atoms with Crippen LogP contribution in [0.5, 0.6) is 0 Å². The third-order valence-electron chi connectivity index (χ3n) is 2.66. The highest BCUT2D eigenvalue weighted by atomic mass is 14.7. The van der Waals surface area contributed by atoms with Crippen molar-refractivity contribution in [2.45, 2.75) is 40.5 Å². The molecule has 74 valence electrons. The zero-order valence-corrected chi connectivity index (χ0v) is 9.30. The highest BCUT2D eigenvalue weighted by molar-refractivity contribution is 5.63. The Balaban J connectivity index is 2.88. The lowest BCUT2D eigenvalue weighted by molar-refractivity contribution is 0.603. The number of allylic oxidation sites excluding steroid dienone is 1. The maximum Gasteiger partial charge on any atom is 0.0422 e. The Morgan fingerprint density at radius 3 is 2.23 bits per heavy atom. The van der Waals surface area contributed by atoms with Gasteiger partial charge in [0.25, 0.3) is 0 Å². The first-order valence-electron chi connectivity index (χ1n) is 5.33. The summed E-state index contributed by atoms with van der Waals surface area (Å²) in [6.45, 7) is 10.2. The average molecular weight is 179 g/mol. The van der Waals surface area contributed by atoms with Crippen LogP contribution in [0.25, 0.3) is 0 Å². The van der Waals surface area contributed by atoms with Crippen molar-refractivity contribution < 1.29 is 0 Å². The van der Waals surface area contributed by atoms with Crippen LogP contribution in [0.2, 0.25) is 0 Å². The molecule has 0 bridgehead atoms. The summed E-state index contributed by atoms with van der Waals surface area (Å²) >= 11 is 0. The Hall–Kier alpha value is -0.590. The van der Waals surface area contributed by atoms with Crippen molar-refractivity contribution in [1.82, 2.24) is 0 Å². The molecule has 0 atom stereocenters. The molecule has 0 fully saturated rings. The highest BCUT2D eigenvalue weighted by Gasteiger charge is 2.14. The van der Waals surface area contributed by atoms with Crippen LogP contribution in [-0.2, 0) is 0 Å². The van der Waals surface area contributed by atoms with E-state index in [2.05, 4.69) is 38.9 Å². The van der Waals surface area contributed by atoms with Gasteiger partial charge in [-0.15, -0.1) is 0 Å². The first kappa shape index (κ1) is 10.5. The van der Waals surface area contributed by atoms with Gasteiger partial charge < -0.3 is 0 Å². The number of nitrogens with zero attached hydrogens (tertiary/aromatic N) is 1. The Morgan fingerprint density at radius 2 is 1.85 bits per heavy atom. The van der Waals surface area contributed by atoms with Crippen molar-refractivity contribution in [3.63, 3.8) is 0 Å². The van der Waals surface area contributed by atoms with Gasteiger partial charge in [-0.2, -0.15) is 0 Å². The minimum Gasteiger partial charge on any atom is -0.297 e. The molecule has 0 saturated heterocycles. The number of hydrogen-bond acceptors (Lipinski definition) is 1. The third-order valence-corrected chi connectivity index (χ3v) is 2.66. The van der Waals surface area contributed by atoms with Gasteiger partial charge in [0.1, 0.15) is 0 Å². The molecule has 0 unspecified atom stereocenters. The van der Waals surface area contributed by atoms with E-state index in [0.717, 1.165) is 13.0 Å². The van der Waals surface area contributed by atoms with Gasteiger partial charge in [-0.3, -0.25) is 4.99 Å². The molecule has 0 aromatic carbocycles. The van der Waals surface area contributed by atoms with Gasteiger partial charge >= 0.3 is 0 Å². The Labute approximate surface area is 82.0 Å². The van der Waals surface area contributed by atoms with Crippen molar-refractivity contribution in [3.8, 4) is 0 Å². The maximum absolute atomic E-state index is 4.27. The SMILES string of the molecule is CC(C)C(=C1CC=NCC1)C(C)C. The molecule has 0 amide bonds. The molecular weight excluding hydrogens is 158 g/mol. The van der Waals surface area contributed by atoms with E-state index in [0.29, 0.717) is 11.8 Å². The van der Waals surface area contributed by atoms with Crippen LogP contribution in [0.1, 0.15) is 40.5 Å². The first-order valence-corrected chi connectivity index (χ1v) is 5.33. The van der Waals surface area contributed by atoms with Crippen LogP contribution in [-0.4, -0.2) is 12.8 Å². The maximum atomic E-state index is 4.27. The highest BCUT2D eigenvalue weighted by Crippen LogP contribution is 2.27. The van der Waals surface area contributed by atoms with Crippen molar-refractivity contribution in [1.29, 1.82) is 0 Å². The second kappa shape index (κ2) is 4.59. The molecule has 1 nitrogen and oxygen atoms in total. The molecule has 13 heavy (non-hydrogen) atoms. The van der Waals surface area contributed by atoms with Crippen molar-refractivity contribution in [2.24, 2.45) is 16.8 Å². The summed E-state index contributed by atoms with van der Waals surface area (Å²) in [4.78, 5) is 4.27. The zero-order valence-electron chi connectivity index (χ0n) is 9.30. The molecule has 1 heteroatoms. The fourth-order valence-corrected chi connectivity index (χ4v) is 2.31. The molecule has 1 rings (SSSR count). The number of hydrogen-bond donors (Lipinski definition) is 0. The lowest BCUT2D eigenvalue weighted by Gasteiger charge is -2.22. The molecule has 0 radical (unpaired) electrons. The number of rotatable bonds is 2. The van der Waals surface area contributed by atoms with E-state index in [4.69, 9.17) is 0 Å². The van der Waals surface area contributed by atoms with Crippen LogP contribution in [0.4, 0.5) is 0 Å². The van der Waals surface area contributed by atoms with Gasteiger partial charge in [0.2, 0.25) is 0 Å². The molecular formula is C12H21N. The van der Waals surface area contributed by atoms with Gasteiger partial charge in [0.05, 0.1) is 0 Å². The van der Waals surface area contributed by atoms with Crippen molar-refractivity contribution in [2.75, 3.05) is 6.54 Å². The second-order valence-electron chi connectivity index (χ2n) is 4.41. The molecule has 0 N–H and O–H groups in total. The zero-order chi connectivity index (χ0) is 9.84. The Kier molecular flexibility index (Phi) is 3.71. The largest absolute Gasteiger partial charge is 0.297 e. The fourth-order valence-electron chi connectivity index (χ4n) is 2.31. The molecule has 0 aliphatic carbocycles. The van der Waals surface area contributed by atoms with Gasteiger partial charge in [-0.05, 0) is 18.3 Å². The van der Waals surface area contributed by atoms with Crippen molar-refractivity contribution in [3.05, 3.63) is 11.1 Å². The lowest BCUT2D eigenvalue weighted by atomic mass is 9.85. The van der Waals surface area contributed by atoms with E-state index < -0.39 is 0 Å². The predicted octanol–water partition coefficient (Wildman–Crippen LogP) is 3.46. The summed E-state index contributed by atoms with van der Waals surface area (Å²) in [5.41, 5.74) is 3.30. The first-order chi connectivity index (χ1) is 6.13. The van der Waals surface area contributed by atoms with E-state index in [-0.39, 0.29) is 0 Å². The van der Waals surface area contributed by atoms with E-state index in [1.54, 1.807) is 11.1 Å². The van der Waals surface area contributed by atoms with Crippen LogP contribution >= 0.6 is 0 Å². The summed E-state index contributed by atoms with van der Waals surface area (Å²) in [6, 6.07) is 0. The van der Waals surface area contributed by atoms with Crippen molar-refractivity contribution >= 4 is 6.21 Å². The monoisotopic (exact) mass is 179 g/mol. The summed E-state index contributed by atoms with van der Waals surface area (Å²) in [6.07, 6.45) is 4.34. The Bertz CT molecular complexity index is 211. The second-order valence-corrected chi connectivity index (χ2v) is 4.41. The average Bonchev–Trinajstić information content (AvgIpc) is 2.04. The van der Waals surface area contributed by atoms with E-state index in [9.17, 15) is 0 Å². The van der Waals surface area contributed by atoms with Gasteiger partial charge in [-0.1, -0.05) is 38.8 Å².